The van der Waals surface area contributed by atoms with Gasteiger partial charge in [0, 0.05) is 7.11 Å². The van der Waals surface area contributed by atoms with Crippen LogP contribution < -0.4 is 0 Å². The average molecular weight is 280 g/mol. The van der Waals surface area contributed by atoms with E-state index in [0.29, 0.717) is 24.5 Å². The number of rotatable bonds is 1. The van der Waals surface area contributed by atoms with Crippen LogP contribution in [0.2, 0.25) is 0 Å². The molecule has 0 radical (unpaired) electrons. The summed E-state index contributed by atoms with van der Waals surface area (Å²) in [5.41, 5.74) is -0.457. The van der Waals surface area contributed by atoms with Crippen molar-refractivity contribution in [3.8, 4) is 0 Å². The van der Waals surface area contributed by atoms with Gasteiger partial charge in [-0.2, -0.15) is 0 Å². The molecule has 1 unspecified atom stereocenters. The van der Waals surface area contributed by atoms with Gasteiger partial charge in [-0.15, -0.1) is 0 Å². The summed E-state index contributed by atoms with van der Waals surface area (Å²) in [6.45, 7) is 7.24. The monoisotopic (exact) mass is 280 g/mol. The maximum Gasteiger partial charge on any atom is 0.312 e. The second-order valence-electron chi connectivity index (χ2n) is 7.85. The van der Waals surface area contributed by atoms with Crippen LogP contribution in [-0.2, 0) is 19.0 Å². The van der Waals surface area contributed by atoms with Crippen LogP contribution in [0.3, 0.4) is 0 Å². The van der Waals surface area contributed by atoms with E-state index in [9.17, 15) is 4.79 Å². The predicted molar refractivity (Wildman–Crippen MR) is 72.1 cm³/mol. The van der Waals surface area contributed by atoms with Crippen molar-refractivity contribution < 1.29 is 19.0 Å². The van der Waals surface area contributed by atoms with Gasteiger partial charge in [0.25, 0.3) is 0 Å². The average Bonchev–Trinajstić information content (AvgIpc) is 2.82. The van der Waals surface area contributed by atoms with Crippen molar-refractivity contribution in [3.63, 3.8) is 0 Å². The highest BCUT2D eigenvalue weighted by atomic mass is 16.6. The number of esters is 1. The second kappa shape index (κ2) is 3.58. The normalized spacial score (nSPS) is 55.5. The molecule has 2 aliphatic carbocycles. The number of carbonyl (C=O) groups is 1. The van der Waals surface area contributed by atoms with E-state index in [1.165, 1.54) is 0 Å². The third kappa shape index (κ3) is 1.24. The summed E-state index contributed by atoms with van der Waals surface area (Å²) in [6.07, 6.45) is 3.24. The molecule has 2 saturated heterocycles. The zero-order chi connectivity index (χ0) is 14.3. The summed E-state index contributed by atoms with van der Waals surface area (Å²) in [6, 6.07) is 0. The van der Waals surface area contributed by atoms with E-state index in [1.807, 2.05) is 0 Å². The molecule has 1 spiro atoms. The number of cyclic esters (lactones) is 1. The SMILES string of the molecule is CO[C@@H]1[C@H]2C[C@@]3(CCOC3=O)C(C)(C)[C@@H]2CC2O[C@@]21C. The molecule has 4 heteroatoms. The molecule has 4 rings (SSSR count). The molecular formula is C16H24O4. The molecule has 4 aliphatic rings. The first-order valence-corrected chi connectivity index (χ1v) is 7.75. The van der Waals surface area contributed by atoms with Crippen molar-refractivity contribution in [2.45, 2.75) is 57.8 Å². The van der Waals surface area contributed by atoms with Gasteiger partial charge in [-0.05, 0) is 43.4 Å². The smallest absolute Gasteiger partial charge is 0.312 e. The lowest BCUT2D eigenvalue weighted by atomic mass is 9.61. The molecule has 2 heterocycles. The van der Waals surface area contributed by atoms with Crippen molar-refractivity contribution in [3.05, 3.63) is 0 Å². The van der Waals surface area contributed by atoms with E-state index in [1.54, 1.807) is 7.11 Å². The molecule has 0 amide bonds. The molecule has 4 nitrogen and oxygen atoms in total. The highest BCUT2D eigenvalue weighted by Gasteiger charge is 2.74. The molecule has 0 aromatic heterocycles. The minimum Gasteiger partial charge on any atom is -0.465 e. The maximum atomic E-state index is 12.4. The first-order chi connectivity index (χ1) is 9.37. The Morgan fingerprint density at radius 3 is 2.65 bits per heavy atom. The van der Waals surface area contributed by atoms with Crippen LogP contribution in [0.25, 0.3) is 0 Å². The fraction of sp³-hybridized carbons (Fsp3) is 0.938. The molecule has 2 saturated carbocycles. The lowest BCUT2D eigenvalue weighted by Crippen LogP contribution is -2.46. The van der Waals surface area contributed by atoms with E-state index in [2.05, 4.69) is 20.8 Å². The lowest BCUT2D eigenvalue weighted by Gasteiger charge is -2.41. The van der Waals surface area contributed by atoms with Crippen LogP contribution in [0.5, 0.6) is 0 Å². The Bertz CT molecular complexity index is 473. The fourth-order valence-electron chi connectivity index (χ4n) is 5.68. The van der Waals surface area contributed by atoms with Gasteiger partial charge >= 0.3 is 5.97 Å². The molecule has 6 atom stereocenters. The second-order valence-corrected chi connectivity index (χ2v) is 7.85. The van der Waals surface area contributed by atoms with E-state index >= 15 is 0 Å². The van der Waals surface area contributed by atoms with Gasteiger partial charge in [-0.3, -0.25) is 4.79 Å². The molecule has 0 aromatic carbocycles. The predicted octanol–water partition coefficient (Wildman–Crippen LogP) is 2.16. The summed E-state index contributed by atoms with van der Waals surface area (Å²) < 4.78 is 17.1. The van der Waals surface area contributed by atoms with Crippen LogP contribution in [0.15, 0.2) is 0 Å². The molecule has 4 fully saturated rings. The number of methoxy groups -OCH3 is 1. The number of carbonyl (C=O) groups excluding carboxylic acids is 1. The van der Waals surface area contributed by atoms with Gasteiger partial charge in [0.2, 0.25) is 0 Å². The molecule has 0 aromatic rings. The summed E-state index contributed by atoms with van der Waals surface area (Å²) in [5.74, 6) is 0.912. The third-order valence-corrected chi connectivity index (χ3v) is 7.07. The fourth-order valence-corrected chi connectivity index (χ4v) is 5.68. The number of ether oxygens (including phenoxy) is 3. The minimum atomic E-state index is -0.299. The standard InChI is InChI=1S/C16H24O4/c1-14(2)10-7-11-15(3,20-11)12(18-4)9(10)8-16(14)5-6-19-13(16)17/h9-12H,5-8H2,1-4H3/t9-,10+,11?,12+,15-,16+/m0/s1. The zero-order valence-electron chi connectivity index (χ0n) is 12.8. The van der Waals surface area contributed by atoms with Crippen LogP contribution >= 0.6 is 0 Å². The first kappa shape index (κ1) is 13.1. The molecule has 0 N–H and O–H groups in total. The van der Waals surface area contributed by atoms with E-state index < -0.39 is 0 Å². The number of hydrogen-bond acceptors (Lipinski definition) is 4. The van der Waals surface area contributed by atoms with Crippen molar-refractivity contribution >= 4 is 5.97 Å². The molecule has 112 valence electrons. The summed E-state index contributed by atoms with van der Waals surface area (Å²) in [5, 5.41) is 0. The zero-order valence-corrected chi connectivity index (χ0v) is 12.8. The Kier molecular flexibility index (Phi) is 2.34. The number of epoxide rings is 1. The third-order valence-electron chi connectivity index (χ3n) is 7.07. The topological polar surface area (TPSA) is 48.1 Å². The maximum absolute atomic E-state index is 12.4. The Morgan fingerprint density at radius 2 is 2.05 bits per heavy atom. The van der Waals surface area contributed by atoms with Gasteiger partial charge in [-0.1, -0.05) is 13.8 Å². The van der Waals surface area contributed by atoms with E-state index in [4.69, 9.17) is 14.2 Å². The van der Waals surface area contributed by atoms with Gasteiger partial charge in [0.15, 0.2) is 0 Å². The van der Waals surface area contributed by atoms with Crippen molar-refractivity contribution in [2.75, 3.05) is 13.7 Å². The Labute approximate surface area is 120 Å². The Morgan fingerprint density at radius 1 is 1.30 bits per heavy atom. The van der Waals surface area contributed by atoms with Gasteiger partial charge in [-0.25, -0.2) is 0 Å². The van der Waals surface area contributed by atoms with E-state index in [-0.39, 0.29) is 28.5 Å². The van der Waals surface area contributed by atoms with Crippen molar-refractivity contribution in [1.29, 1.82) is 0 Å². The number of fused-ring (bicyclic) bond motifs is 2. The quantitative estimate of drug-likeness (QED) is 0.545. The highest BCUT2D eigenvalue weighted by Crippen LogP contribution is 2.69. The van der Waals surface area contributed by atoms with Crippen LogP contribution in [0.4, 0.5) is 0 Å². The largest absolute Gasteiger partial charge is 0.465 e. The van der Waals surface area contributed by atoms with Crippen molar-refractivity contribution in [1.82, 2.24) is 0 Å². The Hall–Kier alpha value is -0.610. The summed E-state index contributed by atoms with van der Waals surface area (Å²) >= 11 is 0. The van der Waals surface area contributed by atoms with Crippen LogP contribution in [0.1, 0.15) is 40.0 Å². The first-order valence-electron chi connectivity index (χ1n) is 7.75. The molecule has 2 aliphatic heterocycles. The number of hydrogen-bond donors (Lipinski definition) is 0. The minimum absolute atomic E-state index is 0.0199. The summed E-state index contributed by atoms with van der Waals surface area (Å²) in [7, 11) is 1.78. The van der Waals surface area contributed by atoms with Gasteiger partial charge in [0.1, 0.15) is 5.60 Å². The summed E-state index contributed by atoms with van der Waals surface area (Å²) in [4.78, 5) is 12.4. The lowest BCUT2D eigenvalue weighted by molar-refractivity contribution is -0.151. The van der Waals surface area contributed by atoms with Gasteiger partial charge < -0.3 is 14.2 Å². The van der Waals surface area contributed by atoms with Crippen LogP contribution in [-0.4, -0.2) is 37.5 Å². The Balaban J connectivity index is 1.75. The molecule has 20 heavy (non-hydrogen) atoms. The molecular weight excluding hydrogens is 256 g/mol. The highest BCUT2D eigenvalue weighted by molar-refractivity contribution is 5.80. The van der Waals surface area contributed by atoms with E-state index in [0.717, 1.165) is 19.3 Å². The molecule has 0 bridgehead atoms. The van der Waals surface area contributed by atoms with Crippen molar-refractivity contribution in [2.24, 2.45) is 22.7 Å². The van der Waals surface area contributed by atoms with Gasteiger partial charge in [0.05, 0.1) is 24.2 Å². The van der Waals surface area contributed by atoms with Crippen LogP contribution in [0, 0.1) is 22.7 Å².